The van der Waals surface area contributed by atoms with Gasteiger partial charge in [0.25, 0.3) is 0 Å². The molecule has 0 aliphatic heterocycles. The van der Waals surface area contributed by atoms with Gasteiger partial charge in [-0.3, -0.25) is 0 Å². The molecule has 2 aliphatic carbocycles. The third-order valence-corrected chi connectivity index (χ3v) is 8.90. The van der Waals surface area contributed by atoms with Crippen LogP contribution in [0.25, 0.3) is 6.08 Å². The molecule has 0 saturated heterocycles. The Labute approximate surface area is 138 Å². The van der Waals surface area contributed by atoms with E-state index in [-0.39, 0.29) is 27.8 Å². The topological polar surface area (TPSA) is 20.2 Å². The summed E-state index contributed by atoms with van der Waals surface area (Å²) < 4.78 is 0. The van der Waals surface area contributed by atoms with Gasteiger partial charge in [-0.25, -0.2) is 0 Å². The van der Waals surface area contributed by atoms with Gasteiger partial charge in [0, 0.05) is 11.3 Å². The minimum Gasteiger partial charge on any atom is -0.387 e. The van der Waals surface area contributed by atoms with E-state index >= 15 is 0 Å². The number of fused-ring (bicyclic) bond motifs is 2. The van der Waals surface area contributed by atoms with Gasteiger partial charge in [-0.15, -0.1) is 0 Å². The van der Waals surface area contributed by atoms with Gasteiger partial charge in [0.2, 0.25) is 0 Å². The minimum absolute atomic E-state index is 0.118. The largest absolute Gasteiger partial charge is 0.387 e. The molecule has 0 radical (unpaired) electrons. The maximum Gasteiger partial charge on any atom is 0.147 e. The number of rotatable bonds is 4. The van der Waals surface area contributed by atoms with Crippen LogP contribution in [-0.4, -0.2) is 28.5 Å². The molecule has 0 heterocycles. The molecule has 1 aromatic rings. The lowest BCUT2D eigenvalue weighted by atomic mass is 9.70. The first-order chi connectivity index (χ1) is 10.4. The zero-order valence-electron chi connectivity index (χ0n) is 14.3. The Hall–Kier alpha value is -0.730. The van der Waals surface area contributed by atoms with Crippen molar-refractivity contribution in [3.8, 4) is 0 Å². The summed E-state index contributed by atoms with van der Waals surface area (Å²) in [5, 5.41) is 11.4. The molecule has 2 aliphatic rings. The molecule has 0 amide bonds. The van der Waals surface area contributed by atoms with Gasteiger partial charge in [0.15, 0.2) is 0 Å². The average molecular weight is 318 g/mol. The van der Waals surface area contributed by atoms with Gasteiger partial charge in [0.05, 0.1) is 6.26 Å². The Bertz CT molecular complexity index is 550. The van der Waals surface area contributed by atoms with Crippen molar-refractivity contribution in [2.75, 3.05) is 12.0 Å². The third kappa shape index (κ3) is 2.35. The van der Waals surface area contributed by atoms with Crippen LogP contribution in [0.2, 0.25) is 0 Å². The van der Waals surface area contributed by atoms with Crippen molar-refractivity contribution in [1.82, 2.24) is 0 Å². The van der Waals surface area contributed by atoms with E-state index in [1.165, 1.54) is 18.4 Å². The summed E-state index contributed by atoms with van der Waals surface area (Å²) in [6.45, 7) is 7.07. The Morgan fingerprint density at radius 3 is 2.50 bits per heavy atom. The van der Waals surface area contributed by atoms with E-state index in [2.05, 4.69) is 69.5 Å². The van der Waals surface area contributed by atoms with E-state index in [0.717, 1.165) is 5.75 Å². The Morgan fingerprint density at radius 1 is 1.23 bits per heavy atom. The van der Waals surface area contributed by atoms with Crippen LogP contribution in [0.15, 0.2) is 36.4 Å². The molecule has 120 valence electrons. The molecule has 2 heteroatoms. The third-order valence-electron chi connectivity index (χ3n) is 6.67. The summed E-state index contributed by atoms with van der Waals surface area (Å²) in [7, 11) is 0.242. The fourth-order valence-electron chi connectivity index (χ4n) is 4.76. The zero-order chi connectivity index (χ0) is 16.0. The number of aliphatic hydroxyl groups is 1. The van der Waals surface area contributed by atoms with Crippen molar-refractivity contribution in [1.29, 1.82) is 0 Å². The molecule has 2 saturated carbocycles. The highest BCUT2D eigenvalue weighted by Crippen LogP contribution is 2.66. The van der Waals surface area contributed by atoms with Gasteiger partial charge in [-0.1, -0.05) is 57.2 Å². The van der Waals surface area contributed by atoms with Crippen molar-refractivity contribution >= 4 is 17.0 Å². The van der Waals surface area contributed by atoms with Gasteiger partial charge >= 0.3 is 0 Å². The molecule has 22 heavy (non-hydrogen) atoms. The molecule has 2 bridgehead atoms. The van der Waals surface area contributed by atoms with Crippen LogP contribution in [-0.2, 0) is 10.9 Å². The van der Waals surface area contributed by atoms with E-state index in [0.29, 0.717) is 11.2 Å². The molecule has 1 nitrogen and oxygen atoms in total. The molecule has 3 rings (SSSR count). The monoisotopic (exact) mass is 317 g/mol. The first-order valence-electron chi connectivity index (χ1n) is 8.39. The SMILES string of the molecule is C[S+](C/C=C/c1ccccc1)[C@@H]1[C@H]2CC[C@@](C)([C@@H]1O)C2(C)C. The summed E-state index contributed by atoms with van der Waals surface area (Å²) in [5.74, 6) is 1.77. The number of aliphatic hydroxyl groups excluding tert-OH is 1. The van der Waals surface area contributed by atoms with Crippen molar-refractivity contribution in [2.45, 2.75) is 45.0 Å². The Balaban J connectivity index is 1.69. The Morgan fingerprint density at radius 2 is 1.91 bits per heavy atom. The summed E-state index contributed by atoms with van der Waals surface area (Å²) in [4.78, 5) is 0. The highest BCUT2D eigenvalue weighted by atomic mass is 32.2. The van der Waals surface area contributed by atoms with E-state index in [1.807, 2.05) is 0 Å². The second kappa shape index (κ2) is 5.72. The van der Waals surface area contributed by atoms with Crippen molar-refractivity contribution < 1.29 is 5.11 Å². The molecule has 0 spiro atoms. The molecular weight excluding hydrogens is 288 g/mol. The van der Waals surface area contributed by atoms with E-state index < -0.39 is 0 Å². The van der Waals surface area contributed by atoms with Crippen LogP contribution < -0.4 is 0 Å². The first-order valence-corrected chi connectivity index (χ1v) is 10.3. The quantitative estimate of drug-likeness (QED) is 0.828. The van der Waals surface area contributed by atoms with Crippen molar-refractivity contribution in [3.05, 3.63) is 42.0 Å². The van der Waals surface area contributed by atoms with E-state index in [4.69, 9.17) is 0 Å². The predicted molar refractivity (Wildman–Crippen MR) is 98.0 cm³/mol. The smallest absolute Gasteiger partial charge is 0.147 e. The summed E-state index contributed by atoms with van der Waals surface area (Å²) in [6.07, 6.45) is 9.23. The number of hydrogen-bond acceptors (Lipinski definition) is 1. The minimum atomic E-state index is -0.125. The number of hydrogen-bond donors (Lipinski definition) is 1. The van der Waals surface area contributed by atoms with Gasteiger partial charge in [0.1, 0.15) is 17.1 Å². The standard InChI is InChI=1S/C20H29OS/c1-19(2)16-12-13-20(19,3)18(21)17(16)22(4)14-8-11-15-9-6-5-7-10-15/h5-11,16-18,21H,12-14H2,1-4H3/q+1/b11-8+/t16-,17-,18-,20+,22?/m1/s1. The van der Waals surface area contributed by atoms with Crippen LogP contribution in [0, 0.1) is 16.7 Å². The van der Waals surface area contributed by atoms with Crippen LogP contribution in [0.5, 0.6) is 0 Å². The maximum atomic E-state index is 10.9. The fraction of sp³-hybridized carbons (Fsp3) is 0.600. The maximum absolute atomic E-state index is 10.9. The van der Waals surface area contributed by atoms with Gasteiger partial charge < -0.3 is 5.11 Å². The first kappa shape index (κ1) is 16.1. The lowest BCUT2D eigenvalue weighted by Gasteiger charge is -2.36. The van der Waals surface area contributed by atoms with Crippen LogP contribution in [0.4, 0.5) is 0 Å². The molecule has 1 N–H and O–H groups in total. The summed E-state index contributed by atoms with van der Waals surface area (Å²) in [6, 6.07) is 10.5. The zero-order valence-corrected chi connectivity index (χ0v) is 15.1. The van der Waals surface area contributed by atoms with Crippen molar-refractivity contribution in [2.24, 2.45) is 16.7 Å². The van der Waals surface area contributed by atoms with E-state index in [9.17, 15) is 5.11 Å². The molecule has 2 fully saturated rings. The molecule has 1 aromatic carbocycles. The molecule has 1 unspecified atom stereocenters. The molecule has 5 atom stereocenters. The van der Waals surface area contributed by atoms with Gasteiger partial charge in [-0.2, -0.15) is 0 Å². The summed E-state index contributed by atoms with van der Waals surface area (Å²) in [5.41, 5.74) is 1.66. The normalized spacial score (nSPS) is 37.8. The fourth-order valence-corrected chi connectivity index (χ4v) is 7.16. The van der Waals surface area contributed by atoms with Crippen LogP contribution in [0.3, 0.4) is 0 Å². The lowest BCUT2D eigenvalue weighted by molar-refractivity contribution is 0.0145. The van der Waals surface area contributed by atoms with E-state index in [1.54, 1.807) is 0 Å². The van der Waals surface area contributed by atoms with Gasteiger partial charge in [-0.05, 0) is 40.8 Å². The predicted octanol–water partition coefficient (Wildman–Crippen LogP) is 4.13. The average Bonchev–Trinajstić information content (AvgIpc) is 2.80. The van der Waals surface area contributed by atoms with Crippen LogP contribution >= 0.6 is 0 Å². The second-order valence-electron chi connectivity index (χ2n) is 7.86. The van der Waals surface area contributed by atoms with Crippen molar-refractivity contribution in [3.63, 3.8) is 0 Å². The molecule has 0 aromatic heterocycles. The van der Waals surface area contributed by atoms with Crippen LogP contribution in [0.1, 0.15) is 39.2 Å². The molecular formula is C20H29OS+. The highest BCUT2D eigenvalue weighted by Gasteiger charge is 2.69. The highest BCUT2D eigenvalue weighted by molar-refractivity contribution is 7.97. The Kier molecular flexibility index (Phi) is 4.20. The number of benzene rings is 1. The lowest BCUT2D eigenvalue weighted by Crippen LogP contribution is -2.43. The summed E-state index contributed by atoms with van der Waals surface area (Å²) >= 11 is 0. The second-order valence-corrected chi connectivity index (χ2v) is 10.1.